The van der Waals surface area contributed by atoms with E-state index in [-0.39, 0.29) is 22.4 Å². The van der Waals surface area contributed by atoms with Gasteiger partial charge in [-0.05, 0) is 67.8 Å². The predicted octanol–water partition coefficient (Wildman–Crippen LogP) is 5.85. The van der Waals surface area contributed by atoms with Crippen LogP contribution in [0.15, 0.2) is 102 Å². The lowest BCUT2D eigenvalue weighted by atomic mass is 10.1. The van der Waals surface area contributed by atoms with Gasteiger partial charge in [-0.15, -0.1) is 0 Å². The van der Waals surface area contributed by atoms with Crippen LogP contribution in [0.25, 0.3) is 0 Å². The Kier molecular flexibility index (Phi) is 7.93. The average molecular weight is 528 g/mol. The minimum absolute atomic E-state index is 0.00360. The monoisotopic (exact) mass is 527 g/mol. The number of benzene rings is 4. The minimum Gasteiger partial charge on any atom is -0.345 e. The summed E-state index contributed by atoms with van der Waals surface area (Å²) in [5, 5.41) is 5.71. The lowest BCUT2D eigenvalue weighted by molar-refractivity contribution is 0.0940. The molecule has 0 aliphatic carbocycles. The van der Waals surface area contributed by atoms with Gasteiger partial charge in [0.2, 0.25) is 0 Å². The van der Waals surface area contributed by atoms with Gasteiger partial charge < -0.3 is 10.6 Å². The third-order valence-corrected chi connectivity index (χ3v) is 7.70. The van der Waals surface area contributed by atoms with Gasteiger partial charge in [0.1, 0.15) is 0 Å². The number of anilines is 2. The zero-order valence-corrected chi connectivity index (χ0v) is 22.2. The van der Waals surface area contributed by atoms with Crippen molar-refractivity contribution in [2.75, 3.05) is 10.0 Å². The van der Waals surface area contributed by atoms with E-state index in [1.54, 1.807) is 55.5 Å². The molecule has 0 heterocycles. The van der Waals surface area contributed by atoms with Crippen molar-refractivity contribution in [3.63, 3.8) is 0 Å². The summed E-state index contributed by atoms with van der Waals surface area (Å²) < 4.78 is 29.0. The average Bonchev–Trinajstić information content (AvgIpc) is 2.90. The van der Waals surface area contributed by atoms with Gasteiger partial charge in [0, 0.05) is 5.56 Å². The standard InChI is InChI=1S/C30H29N3O4S/c1-20-11-7-9-15-26(20)33-38(36,37)28-19-24(18-17-21(28)2)29(34)32-27-16-10-8-14-25(27)30(35)31-22(3)23-12-5-4-6-13-23/h4-19,22,33H,1-3H3,(H,31,35)(H,32,34)/t22-/m1/s1. The Morgan fingerprint density at radius 1 is 0.711 bits per heavy atom. The molecule has 2 amide bonds. The van der Waals surface area contributed by atoms with E-state index >= 15 is 0 Å². The van der Waals surface area contributed by atoms with Gasteiger partial charge in [-0.3, -0.25) is 14.3 Å². The fraction of sp³-hybridized carbons (Fsp3) is 0.133. The SMILES string of the molecule is Cc1ccccc1NS(=O)(=O)c1cc(C(=O)Nc2ccccc2C(=O)N[C@H](C)c2ccccc2)ccc1C. The summed E-state index contributed by atoms with van der Waals surface area (Å²) in [5.41, 5.74) is 3.45. The molecule has 1 atom stereocenters. The highest BCUT2D eigenvalue weighted by molar-refractivity contribution is 7.92. The second-order valence-electron chi connectivity index (χ2n) is 9.01. The van der Waals surface area contributed by atoms with E-state index in [1.807, 2.05) is 56.3 Å². The van der Waals surface area contributed by atoms with E-state index in [0.717, 1.165) is 11.1 Å². The molecule has 3 N–H and O–H groups in total. The molecule has 4 rings (SSSR count). The number of sulfonamides is 1. The fourth-order valence-corrected chi connectivity index (χ4v) is 5.40. The van der Waals surface area contributed by atoms with Gasteiger partial charge in [0.05, 0.1) is 27.9 Å². The molecule has 0 aromatic heterocycles. The second-order valence-corrected chi connectivity index (χ2v) is 10.7. The number of rotatable bonds is 8. The van der Waals surface area contributed by atoms with Gasteiger partial charge >= 0.3 is 0 Å². The van der Waals surface area contributed by atoms with Crippen molar-refractivity contribution >= 4 is 33.2 Å². The lowest BCUT2D eigenvalue weighted by Gasteiger charge is -2.17. The largest absolute Gasteiger partial charge is 0.345 e. The maximum absolute atomic E-state index is 13.2. The van der Waals surface area contributed by atoms with E-state index in [0.29, 0.717) is 22.5 Å². The molecule has 0 bridgehead atoms. The second kappa shape index (κ2) is 11.3. The Hall–Kier alpha value is -4.43. The molecule has 4 aromatic rings. The van der Waals surface area contributed by atoms with Gasteiger partial charge in [-0.2, -0.15) is 0 Å². The van der Waals surface area contributed by atoms with E-state index in [1.165, 1.54) is 6.07 Å². The van der Waals surface area contributed by atoms with Gasteiger partial charge in [-0.1, -0.05) is 66.7 Å². The van der Waals surface area contributed by atoms with Crippen molar-refractivity contribution in [3.05, 3.63) is 125 Å². The lowest BCUT2D eigenvalue weighted by Crippen LogP contribution is -2.28. The molecule has 0 aliphatic heterocycles. The van der Waals surface area contributed by atoms with Crippen LogP contribution in [0.4, 0.5) is 11.4 Å². The first-order chi connectivity index (χ1) is 18.2. The summed E-state index contributed by atoms with van der Waals surface area (Å²) in [6.07, 6.45) is 0. The van der Waals surface area contributed by atoms with Crippen molar-refractivity contribution in [2.24, 2.45) is 0 Å². The Labute approximate surface area is 223 Å². The summed E-state index contributed by atoms with van der Waals surface area (Å²) in [5.74, 6) is -0.874. The third kappa shape index (κ3) is 6.10. The van der Waals surface area contributed by atoms with Crippen molar-refractivity contribution in [2.45, 2.75) is 31.7 Å². The van der Waals surface area contributed by atoms with Crippen LogP contribution in [0.2, 0.25) is 0 Å². The molecule has 7 nitrogen and oxygen atoms in total. The van der Waals surface area contributed by atoms with Crippen molar-refractivity contribution in [1.29, 1.82) is 0 Å². The van der Waals surface area contributed by atoms with Gasteiger partial charge in [-0.25, -0.2) is 8.42 Å². The minimum atomic E-state index is -3.95. The number of hydrogen-bond acceptors (Lipinski definition) is 4. The smallest absolute Gasteiger partial charge is 0.262 e. The van der Waals surface area contributed by atoms with E-state index in [9.17, 15) is 18.0 Å². The Morgan fingerprint density at radius 3 is 2.05 bits per heavy atom. The summed E-state index contributed by atoms with van der Waals surface area (Å²) in [7, 11) is -3.95. The Bertz CT molecular complexity index is 1580. The number of aryl methyl sites for hydroxylation is 2. The number of carbonyl (C=O) groups is 2. The number of amides is 2. The van der Waals surface area contributed by atoms with Crippen LogP contribution in [-0.4, -0.2) is 20.2 Å². The van der Waals surface area contributed by atoms with Crippen molar-refractivity contribution in [1.82, 2.24) is 5.32 Å². The number of hydrogen-bond donors (Lipinski definition) is 3. The molecule has 0 fully saturated rings. The topological polar surface area (TPSA) is 104 Å². The van der Waals surface area contributed by atoms with Crippen molar-refractivity contribution < 1.29 is 18.0 Å². The highest BCUT2D eigenvalue weighted by Gasteiger charge is 2.21. The van der Waals surface area contributed by atoms with Crippen LogP contribution in [0.5, 0.6) is 0 Å². The maximum Gasteiger partial charge on any atom is 0.262 e. The Balaban J connectivity index is 1.55. The number of nitrogens with one attached hydrogen (secondary N) is 3. The van der Waals surface area contributed by atoms with Crippen LogP contribution in [0.3, 0.4) is 0 Å². The summed E-state index contributed by atoms with van der Waals surface area (Å²) in [6.45, 7) is 5.36. The zero-order valence-electron chi connectivity index (χ0n) is 21.4. The van der Waals surface area contributed by atoms with E-state index < -0.39 is 15.9 Å². The number of para-hydroxylation sites is 2. The van der Waals surface area contributed by atoms with E-state index in [2.05, 4.69) is 15.4 Å². The Morgan fingerprint density at radius 2 is 1.34 bits per heavy atom. The van der Waals surface area contributed by atoms with Gasteiger partial charge in [0.25, 0.3) is 21.8 Å². The molecule has 0 unspecified atom stereocenters. The van der Waals surface area contributed by atoms with Crippen LogP contribution >= 0.6 is 0 Å². The molecule has 0 radical (unpaired) electrons. The summed E-state index contributed by atoms with van der Waals surface area (Å²) in [6, 6.07) is 27.5. The molecule has 8 heteroatoms. The molecule has 194 valence electrons. The van der Waals surface area contributed by atoms with E-state index in [4.69, 9.17) is 0 Å². The quantitative estimate of drug-likeness (QED) is 0.267. The first kappa shape index (κ1) is 26.6. The molecular formula is C30H29N3O4S. The van der Waals surface area contributed by atoms with Crippen LogP contribution in [0, 0.1) is 13.8 Å². The van der Waals surface area contributed by atoms with Crippen LogP contribution in [0.1, 0.15) is 50.4 Å². The normalized spacial score (nSPS) is 11.9. The molecule has 0 saturated heterocycles. The van der Waals surface area contributed by atoms with Gasteiger partial charge in [0.15, 0.2) is 0 Å². The molecular weight excluding hydrogens is 498 g/mol. The summed E-state index contributed by atoms with van der Waals surface area (Å²) >= 11 is 0. The fourth-order valence-electron chi connectivity index (χ4n) is 4.00. The number of carbonyl (C=O) groups excluding carboxylic acids is 2. The summed E-state index contributed by atoms with van der Waals surface area (Å²) in [4.78, 5) is 26.2. The van der Waals surface area contributed by atoms with Crippen LogP contribution in [-0.2, 0) is 10.0 Å². The zero-order chi connectivity index (χ0) is 27.3. The predicted molar refractivity (Wildman–Crippen MR) is 150 cm³/mol. The highest BCUT2D eigenvalue weighted by atomic mass is 32.2. The molecule has 38 heavy (non-hydrogen) atoms. The molecule has 4 aromatic carbocycles. The van der Waals surface area contributed by atoms with Crippen LogP contribution < -0.4 is 15.4 Å². The molecule has 0 saturated carbocycles. The van der Waals surface area contributed by atoms with Crippen molar-refractivity contribution in [3.8, 4) is 0 Å². The molecule has 0 aliphatic rings. The first-order valence-electron chi connectivity index (χ1n) is 12.1. The molecule has 0 spiro atoms. The highest BCUT2D eigenvalue weighted by Crippen LogP contribution is 2.24. The first-order valence-corrected chi connectivity index (χ1v) is 13.6. The maximum atomic E-state index is 13.2. The third-order valence-electron chi connectivity index (χ3n) is 6.20.